The van der Waals surface area contributed by atoms with Crippen LogP contribution in [0.5, 0.6) is 0 Å². The number of ether oxygens (including phenoxy) is 1. The predicted octanol–water partition coefficient (Wildman–Crippen LogP) is 3.82. The number of aliphatic hydroxyl groups is 1. The second kappa shape index (κ2) is 8.75. The zero-order valence-electron chi connectivity index (χ0n) is 20.3. The van der Waals surface area contributed by atoms with Crippen LogP contribution in [-0.4, -0.2) is 66.8 Å². The molecule has 1 aliphatic rings. The molecule has 0 aromatic carbocycles. The summed E-state index contributed by atoms with van der Waals surface area (Å²) in [7, 11) is 3.68. The fourth-order valence-electron chi connectivity index (χ4n) is 4.72. The summed E-state index contributed by atoms with van der Waals surface area (Å²) in [6.07, 6.45) is 7.12. The van der Waals surface area contributed by atoms with E-state index in [2.05, 4.69) is 36.7 Å². The van der Waals surface area contributed by atoms with Crippen LogP contribution in [0.2, 0.25) is 0 Å². The van der Waals surface area contributed by atoms with E-state index in [0.29, 0.717) is 24.8 Å². The molecule has 0 spiro atoms. The molecule has 10 heteroatoms. The van der Waals surface area contributed by atoms with Gasteiger partial charge in [0.25, 0.3) is 0 Å². The number of methoxy groups -OCH3 is 1. The van der Waals surface area contributed by atoms with E-state index in [1.807, 2.05) is 28.7 Å². The SMILES string of the molecule is COC1(CCO)CCN(c2nc(-c3nccn3C)nc3sc(-c4ccn(C(C)C)n4)c(C)c23)C1. The van der Waals surface area contributed by atoms with Crippen LogP contribution < -0.4 is 4.90 Å². The van der Waals surface area contributed by atoms with Crippen molar-refractivity contribution in [3.05, 3.63) is 30.2 Å². The molecule has 0 radical (unpaired) electrons. The molecule has 1 aliphatic heterocycles. The van der Waals surface area contributed by atoms with Crippen LogP contribution in [0.25, 0.3) is 32.4 Å². The maximum absolute atomic E-state index is 9.62. The average molecular weight is 482 g/mol. The van der Waals surface area contributed by atoms with Crippen LogP contribution in [0.3, 0.4) is 0 Å². The number of nitrogens with zero attached hydrogens (tertiary/aromatic N) is 7. The van der Waals surface area contributed by atoms with E-state index in [9.17, 15) is 5.11 Å². The third-order valence-electron chi connectivity index (χ3n) is 6.78. The van der Waals surface area contributed by atoms with Gasteiger partial charge in [-0.15, -0.1) is 11.3 Å². The molecule has 1 atom stereocenters. The molecule has 0 amide bonds. The second-order valence-electron chi connectivity index (χ2n) is 9.28. The lowest BCUT2D eigenvalue weighted by Crippen LogP contribution is -2.36. The summed E-state index contributed by atoms with van der Waals surface area (Å²) in [4.78, 5) is 18.8. The highest BCUT2D eigenvalue weighted by molar-refractivity contribution is 7.22. The van der Waals surface area contributed by atoms with E-state index in [1.54, 1.807) is 24.6 Å². The van der Waals surface area contributed by atoms with Crippen LogP contribution in [0, 0.1) is 6.92 Å². The highest BCUT2D eigenvalue weighted by Crippen LogP contribution is 2.43. The van der Waals surface area contributed by atoms with Crippen molar-refractivity contribution >= 4 is 27.4 Å². The molecule has 4 aromatic rings. The first kappa shape index (κ1) is 22.9. The van der Waals surface area contributed by atoms with Crippen molar-refractivity contribution in [2.75, 3.05) is 31.7 Å². The van der Waals surface area contributed by atoms with Crippen molar-refractivity contribution in [1.29, 1.82) is 0 Å². The molecular formula is C24H31N7O2S. The normalized spacial score (nSPS) is 18.6. The number of anilines is 1. The minimum absolute atomic E-state index is 0.0967. The minimum atomic E-state index is -0.377. The van der Waals surface area contributed by atoms with Gasteiger partial charge in [0.2, 0.25) is 0 Å². The number of aromatic nitrogens is 6. The fraction of sp³-hybridized carbons (Fsp3) is 0.500. The van der Waals surface area contributed by atoms with Crippen LogP contribution in [0.15, 0.2) is 24.7 Å². The van der Waals surface area contributed by atoms with E-state index >= 15 is 0 Å². The quantitative estimate of drug-likeness (QED) is 0.429. The Hall–Kier alpha value is -2.82. The van der Waals surface area contributed by atoms with Crippen LogP contribution in [-0.2, 0) is 11.8 Å². The standard InChI is InChI=1S/C24H31N7O2S/c1-15(2)31-10-6-17(28-31)19-16(3)18-21(30-11-7-24(14-30,33-5)8-13-32)26-20(27-23(18)34-19)22-25-9-12-29(22)4/h6,9-10,12,15,32H,7-8,11,13-14H2,1-5H3. The molecule has 4 aromatic heterocycles. The molecule has 9 nitrogen and oxygen atoms in total. The van der Waals surface area contributed by atoms with Gasteiger partial charge in [-0.2, -0.15) is 5.10 Å². The Labute approximate surface area is 203 Å². The van der Waals surface area contributed by atoms with Crippen molar-refractivity contribution in [3.63, 3.8) is 0 Å². The highest BCUT2D eigenvalue weighted by atomic mass is 32.1. The summed E-state index contributed by atoms with van der Waals surface area (Å²) in [5, 5.41) is 15.5. The Kier molecular flexibility index (Phi) is 5.91. The van der Waals surface area contributed by atoms with E-state index in [0.717, 1.165) is 51.0 Å². The monoisotopic (exact) mass is 481 g/mol. The maximum Gasteiger partial charge on any atom is 0.199 e. The molecule has 0 bridgehead atoms. The van der Waals surface area contributed by atoms with E-state index < -0.39 is 0 Å². The Morgan fingerprint density at radius 1 is 1.26 bits per heavy atom. The van der Waals surface area contributed by atoms with E-state index in [4.69, 9.17) is 19.8 Å². The number of aliphatic hydroxyl groups excluding tert-OH is 1. The Morgan fingerprint density at radius 2 is 2.09 bits per heavy atom. The molecule has 0 aliphatic carbocycles. The van der Waals surface area contributed by atoms with Crippen molar-refractivity contribution in [3.8, 4) is 22.2 Å². The number of rotatable bonds is 7. The van der Waals surface area contributed by atoms with Gasteiger partial charge in [0.15, 0.2) is 11.6 Å². The summed E-state index contributed by atoms with van der Waals surface area (Å²) in [6.45, 7) is 7.94. The number of hydrogen-bond donors (Lipinski definition) is 1. The van der Waals surface area contributed by atoms with Crippen LogP contribution in [0.4, 0.5) is 5.82 Å². The summed E-state index contributed by atoms with van der Waals surface area (Å²) < 4.78 is 9.80. The molecule has 34 heavy (non-hydrogen) atoms. The van der Waals surface area contributed by atoms with Gasteiger partial charge >= 0.3 is 0 Å². The van der Waals surface area contributed by atoms with Gasteiger partial charge in [-0.3, -0.25) is 4.68 Å². The Morgan fingerprint density at radius 3 is 2.74 bits per heavy atom. The second-order valence-corrected chi connectivity index (χ2v) is 10.3. The molecular weight excluding hydrogens is 450 g/mol. The first-order valence-corrected chi connectivity index (χ1v) is 12.4. The molecule has 5 rings (SSSR count). The van der Waals surface area contributed by atoms with Crippen LogP contribution in [0.1, 0.15) is 38.3 Å². The number of imidazole rings is 1. The molecule has 1 unspecified atom stereocenters. The predicted molar refractivity (Wildman–Crippen MR) is 134 cm³/mol. The summed E-state index contributed by atoms with van der Waals surface area (Å²) >= 11 is 1.65. The van der Waals surface area contributed by atoms with Gasteiger partial charge in [-0.05, 0) is 38.8 Å². The van der Waals surface area contributed by atoms with Gasteiger partial charge in [0, 0.05) is 64.9 Å². The zero-order valence-corrected chi connectivity index (χ0v) is 21.1. The van der Waals surface area contributed by atoms with Gasteiger partial charge in [0.1, 0.15) is 16.3 Å². The van der Waals surface area contributed by atoms with E-state index in [1.165, 1.54) is 0 Å². The van der Waals surface area contributed by atoms with Crippen molar-refractivity contribution in [1.82, 2.24) is 29.3 Å². The average Bonchev–Trinajstić information content (AvgIpc) is 3.60. The lowest BCUT2D eigenvalue weighted by atomic mass is 9.99. The van der Waals surface area contributed by atoms with Crippen molar-refractivity contribution in [2.45, 2.75) is 45.3 Å². The topological polar surface area (TPSA) is 94.1 Å². The van der Waals surface area contributed by atoms with Gasteiger partial charge < -0.3 is 19.3 Å². The minimum Gasteiger partial charge on any atom is -0.396 e. The van der Waals surface area contributed by atoms with E-state index in [-0.39, 0.29) is 12.2 Å². The first-order valence-electron chi connectivity index (χ1n) is 11.6. The molecule has 1 fully saturated rings. The fourth-order valence-corrected chi connectivity index (χ4v) is 5.86. The maximum atomic E-state index is 9.62. The van der Waals surface area contributed by atoms with Crippen molar-refractivity contribution in [2.24, 2.45) is 7.05 Å². The molecule has 1 saturated heterocycles. The van der Waals surface area contributed by atoms with Gasteiger partial charge in [-0.1, -0.05) is 0 Å². The number of fused-ring (bicyclic) bond motifs is 1. The van der Waals surface area contributed by atoms with Crippen molar-refractivity contribution < 1.29 is 9.84 Å². The third-order valence-corrected chi connectivity index (χ3v) is 7.99. The molecule has 180 valence electrons. The summed E-state index contributed by atoms with van der Waals surface area (Å²) in [5.41, 5.74) is 1.71. The Balaban J connectivity index is 1.67. The van der Waals surface area contributed by atoms with Gasteiger partial charge in [-0.25, -0.2) is 15.0 Å². The lowest BCUT2D eigenvalue weighted by molar-refractivity contribution is -0.0100. The lowest BCUT2D eigenvalue weighted by Gasteiger charge is -2.27. The summed E-state index contributed by atoms with van der Waals surface area (Å²) in [6, 6.07) is 2.37. The number of thiophene rings is 1. The zero-order chi connectivity index (χ0) is 24.0. The summed E-state index contributed by atoms with van der Waals surface area (Å²) in [5.74, 6) is 2.23. The molecule has 1 N–H and O–H groups in total. The van der Waals surface area contributed by atoms with Gasteiger partial charge in [0.05, 0.1) is 15.9 Å². The molecule has 5 heterocycles. The number of aryl methyl sites for hydroxylation is 2. The highest BCUT2D eigenvalue weighted by Gasteiger charge is 2.39. The van der Waals surface area contributed by atoms with Crippen LogP contribution >= 0.6 is 11.3 Å². The Bertz CT molecular complexity index is 1320. The third kappa shape index (κ3) is 3.79. The first-order chi connectivity index (χ1) is 16.4. The molecule has 0 saturated carbocycles. The largest absolute Gasteiger partial charge is 0.396 e. The number of hydrogen-bond acceptors (Lipinski definition) is 8. The smallest absolute Gasteiger partial charge is 0.199 e.